The number of aromatic nitrogens is 3. The molecular weight excluding hydrogens is 392 g/mol. The molecule has 2 aromatic heterocycles. The minimum Gasteiger partial charge on any atom is -0.480 e. The molecule has 9 heteroatoms. The summed E-state index contributed by atoms with van der Waals surface area (Å²) in [6.07, 6.45) is 1.56. The highest BCUT2D eigenvalue weighted by Crippen LogP contribution is 2.34. The molecule has 0 radical (unpaired) electrons. The lowest BCUT2D eigenvalue weighted by molar-refractivity contribution is 0.400. The Balaban J connectivity index is 1.89. The minimum absolute atomic E-state index is 0.0170. The monoisotopic (exact) mass is 410 g/mol. The number of rotatable bonds is 5. The van der Waals surface area contributed by atoms with Gasteiger partial charge in [-0.3, -0.25) is 4.57 Å². The van der Waals surface area contributed by atoms with Crippen LogP contribution in [0.5, 0.6) is 5.88 Å². The van der Waals surface area contributed by atoms with Gasteiger partial charge < -0.3 is 9.72 Å². The van der Waals surface area contributed by atoms with Crippen molar-refractivity contribution in [2.24, 2.45) is 5.14 Å². The molecule has 0 atom stereocenters. The quantitative estimate of drug-likeness (QED) is 0.522. The number of methoxy groups -OCH3 is 1. The molecule has 0 saturated heterocycles. The molecule has 0 bridgehead atoms. The van der Waals surface area contributed by atoms with Crippen molar-refractivity contribution in [1.29, 1.82) is 0 Å². The number of aromatic amines is 1. The van der Waals surface area contributed by atoms with Crippen LogP contribution in [0.25, 0.3) is 22.2 Å². The van der Waals surface area contributed by atoms with Crippen molar-refractivity contribution >= 4 is 21.1 Å². The number of nitrogens with two attached hydrogens (primary N) is 1. The Bertz CT molecular complexity index is 1340. The zero-order valence-electron chi connectivity index (χ0n) is 15.5. The van der Waals surface area contributed by atoms with E-state index in [4.69, 9.17) is 9.88 Å². The summed E-state index contributed by atoms with van der Waals surface area (Å²) in [5.41, 5.74) is 3.24. The second-order valence-corrected chi connectivity index (χ2v) is 8.04. The summed E-state index contributed by atoms with van der Waals surface area (Å²) in [4.78, 5) is 19.8. The van der Waals surface area contributed by atoms with Crippen molar-refractivity contribution in [1.82, 2.24) is 14.5 Å². The van der Waals surface area contributed by atoms with Crippen LogP contribution in [0.1, 0.15) is 5.56 Å². The van der Waals surface area contributed by atoms with Crippen molar-refractivity contribution in [3.8, 4) is 17.0 Å². The third kappa shape index (κ3) is 3.53. The van der Waals surface area contributed by atoms with E-state index in [0.717, 1.165) is 11.1 Å². The first-order valence-electron chi connectivity index (χ1n) is 8.71. The standard InChI is InChI=1S/C20H18N4O4S/c1-28-19-17(14-5-3-2-4-6-14)18-16(11-22-19)23-20(25)24(18)12-13-7-9-15(10-8-13)29(21,26)27/h2-11H,12H2,1H3,(H,23,25)(H2,21,26,27). The summed E-state index contributed by atoms with van der Waals surface area (Å²) in [6, 6.07) is 15.6. The molecule has 8 nitrogen and oxygen atoms in total. The Morgan fingerprint density at radius 1 is 1.10 bits per heavy atom. The minimum atomic E-state index is -3.78. The van der Waals surface area contributed by atoms with Crippen molar-refractivity contribution in [2.45, 2.75) is 11.4 Å². The number of sulfonamides is 1. The highest BCUT2D eigenvalue weighted by atomic mass is 32.2. The SMILES string of the molecule is COc1ncc2[nH]c(=O)n(Cc3ccc(S(N)(=O)=O)cc3)c2c1-c1ccccc1. The third-order valence-corrected chi connectivity index (χ3v) is 5.55. The van der Waals surface area contributed by atoms with Crippen LogP contribution in [0.3, 0.4) is 0 Å². The Labute approximate surface area is 166 Å². The van der Waals surface area contributed by atoms with E-state index in [1.54, 1.807) is 22.9 Å². The van der Waals surface area contributed by atoms with Crippen molar-refractivity contribution < 1.29 is 13.2 Å². The smallest absolute Gasteiger partial charge is 0.326 e. The molecule has 2 heterocycles. The van der Waals surface area contributed by atoms with Gasteiger partial charge in [0.15, 0.2) is 0 Å². The summed E-state index contributed by atoms with van der Waals surface area (Å²) < 4.78 is 29.9. The Kier molecular flexibility index (Phi) is 4.69. The van der Waals surface area contributed by atoms with E-state index < -0.39 is 10.0 Å². The van der Waals surface area contributed by atoms with Gasteiger partial charge in [-0.1, -0.05) is 42.5 Å². The number of nitrogens with zero attached hydrogens (tertiary/aromatic N) is 2. The number of hydrogen-bond acceptors (Lipinski definition) is 5. The van der Waals surface area contributed by atoms with E-state index in [0.29, 0.717) is 22.5 Å². The van der Waals surface area contributed by atoms with Gasteiger partial charge in [-0.05, 0) is 23.3 Å². The van der Waals surface area contributed by atoms with Gasteiger partial charge in [0.2, 0.25) is 15.9 Å². The lowest BCUT2D eigenvalue weighted by Gasteiger charge is -2.12. The summed E-state index contributed by atoms with van der Waals surface area (Å²) >= 11 is 0. The van der Waals surface area contributed by atoms with E-state index in [1.165, 1.54) is 19.2 Å². The van der Waals surface area contributed by atoms with Gasteiger partial charge >= 0.3 is 5.69 Å². The Hall–Kier alpha value is -3.43. The van der Waals surface area contributed by atoms with E-state index in [1.807, 2.05) is 30.3 Å². The average molecular weight is 410 g/mol. The molecular formula is C20H18N4O4S. The molecule has 3 N–H and O–H groups in total. The number of fused-ring (bicyclic) bond motifs is 1. The van der Waals surface area contributed by atoms with Crippen LogP contribution in [0.4, 0.5) is 0 Å². The van der Waals surface area contributed by atoms with Crippen LogP contribution in [0, 0.1) is 0 Å². The lowest BCUT2D eigenvalue weighted by atomic mass is 10.1. The second-order valence-electron chi connectivity index (χ2n) is 6.48. The van der Waals surface area contributed by atoms with Crippen LogP contribution < -0.4 is 15.6 Å². The van der Waals surface area contributed by atoms with Gasteiger partial charge in [-0.15, -0.1) is 0 Å². The number of benzene rings is 2. The highest BCUT2D eigenvalue weighted by molar-refractivity contribution is 7.89. The first kappa shape index (κ1) is 18.9. The van der Waals surface area contributed by atoms with E-state index >= 15 is 0 Å². The maximum absolute atomic E-state index is 12.7. The number of ether oxygens (including phenoxy) is 1. The largest absolute Gasteiger partial charge is 0.480 e. The summed E-state index contributed by atoms with van der Waals surface area (Å²) in [5.74, 6) is 0.404. The van der Waals surface area contributed by atoms with Crippen LogP contribution in [0.15, 0.2) is 70.5 Å². The number of pyridine rings is 1. The molecule has 0 aliphatic rings. The number of nitrogens with one attached hydrogen (secondary N) is 1. The molecule has 148 valence electrons. The van der Waals surface area contributed by atoms with Gasteiger partial charge in [-0.2, -0.15) is 0 Å². The highest BCUT2D eigenvalue weighted by Gasteiger charge is 2.18. The maximum Gasteiger partial charge on any atom is 0.326 e. The molecule has 0 unspecified atom stereocenters. The fourth-order valence-corrected chi connectivity index (χ4v) is 3.79. The second kappa shape index (κ2) is 7.19. The Morgan fingerprint density at radius 2 is 1.79 bits per heavy atom. The molecule has 4 aromatic rings. The lowest BCUT2D eigenvalue weighted by Crippen LogP contribution is -2.18. The normalized spacial score (nSPS) is 11.7. The van der Waals surface area contributed by atoms with Gasteiger partial charge in [-0.25, -0.2) is 23.3 Å². The van der Waals surface area contributed by atoms with Gasteiger partial charge in [0.05, 0.1) is 41.3 Å². The van der Waals surface area contributed by atoms with Crippen LogP contribution in [-0.2, 0) is 16.6 Å². The number of hydrogen-bond donors (Lipinski definition) is 2. The van der Waals surface area contributed by atoms with Gasteiger partial charge in [0.1, 0.15) is 0 Å². The maximum atomic E-state index is 12.7. The third-order valence-electron chi connectivity index (χ3n) is 4.62. The van der Waals surface area contributed by atoms with Crippen LogP contribution in [-0.4, -0.2) is 30.1 Å². The fourth-order valence-electron chi connectivity index (χ4n) is 3.28. The zero-order chi connectivity index (χ0) is 20.6. The van der Waals surface area contributed by atoms with E-state index in [-0.39, 0.29) is 17.1 Å². The average Bonchev–Trinajstić information content (AvgIpc) is 3.03. The summed E-state index contributed by atoms with van der Waals surface area (Å²) in [6.45, 7) is 0.233. The topological polar surface area (TPSA) is 120 Å². The van der Waals surface area contributed by atoms with Crippen molar-refractivity contribution in [3.63, 3.8) is 0 Å². The molecule has 0 aliphatic heterocycles. The van der Waals surface area contributed by atoms with Crippen molar-refractivity contribution in [2.75, 3.05) is 7.11 Å². The molecule has 2 aromatic carbocycles. The van der Waals surface area contributed by atoms with Crippen LogP contribution in [0.2, 0.25) is 0 Å². The van der Waals surface area contributed by atoms with Crippen LogP contribution >= 0.6 is 0 Å². The Morgan fingerprint density at radius 3 is 2.41 bits per heavy atom. The number of imidazole rings is 1. The predicted molar refractivity (Wildman–Crippen MR) is 109 cm³/mol. The van der Waals surface area contributed by atoms with E-state index in [2.05, 4.69) is 9.97 Å². The number of H-pyrrole nitrogens is 1. The first-order chi connectivity index (χ1) is 13.9. The molecule has 4 rings (SSSR count). The number of primary sulfonamides is 1. The molecule has 0 spiro atoms. The summed E-state index contributed by atoms with van der Waals surface area (Å²) in [5, 5.41) is 5.15. The molecule has 0 saturated carbocycles. The van der Waals surface area contributed by atoms with Crippen molar-refractivity contribution in [3.05, 3.63) is 76.8 Å². The first-order valence-corrected chi connectivity index (χ1v) is 10.3. The molecule has 0 fully saturated rings. The zero-order valence-corrected chi connectivity index (χ0v) is 16.3. The summed E-state index contributed by atoms with van der Waals surface area (Å²) in [7, 11) is -2.25. The predicted octanol–water partition coefficient (Wildman–Crippen LogP) is 2.10. The van der Waals surface area contributed by atoms with Gasteiger partial charge in [0.25, 0.3) is 0 Å². The molecule has 29 heavy (non-hydrogen) atoms. The van der Waals surface area contributed by atoms with E-state index in [9.17, 15) is 13.2 Å². The van der Waals surface area contributed by atoms with Gasteiger partial charge in [0, 0.05) is 0 Å². The molecule has 0 amide bonds. The fraction of sp³-hybridized carbons (Fsp3) is 0.100. The molecule has 0 aliphatic carbocycles.